The second-order valence-electron chi connectivity index (χ2n) is 8.87. The van der Waals surface area contributed by atoms with Crippen molar-refractivity contribution in [3.8, 4) is 5.75 Å². The van der Waals surface area contributed by atoms with Gasteiger partial charge in [-0.1, -0.05) is 54.9 Å². The molecule has 1 fully saturated rings. The van der Waals surface area contributed by atoms with Crippen LogP contribution in [0.25, 0.3) is 0 Å². The van der Waals surface area contributed by atoms with E-state index in [4.69, 9.17) is 4.74 Å². The lowest BCUT2D eigenvalue weighted by atomic mass is 9.72. The highest BCUT2D eigenvalue weighted by atomic mass is 79.9. The van der Waals surface area contributed by atoms with Gasteiger partial charge in [0.05, 0.1) is 10.4 Å². The van der Waals surface area contributed by atoms with E-state index in [1.807, 2.05) is 39.0 Å². The van der Waals surface area contributed by atoms with Gasteiger partial charge in [-0.25, -0.2) is 17.9 Å². The number of carbonyl (C=O) groups is 1. The minimum absolute atomic E-state index is 0.0234. The Bertz CT molecular complexity index is 1090. The number of hydrogen-bond donors (Lipinski definition) is 2. The summed E-state index contributed by atoms with van der Waals surface area (Å²) in [5.41, 5.74) is -1.45. The van der Waals surface area contributed by atoms with Gasteiger partial charge in [0.1, 0.15) is 12.4 Å². The lowest BCUT2D eigenvalue weighted by Gasteiger charge is -2.46. The third kappa shape index (κ3) is 5.13. The van der Waals surface area contributed by atoms with Crippen molar-refractivity contribution in [3.05, 3.63) is 57.5 Å². The summed E-state index contributed by atoms with van der Waals surface area (Å²) in [6, 6.07) is 13.4. The molecule has 0 saturated carbocycles. The summed E-state index contributed by atoms with van der Waals surface area (Å²) in [5, 5.41) is 10.0. The first kappa shape index (κ1) is 25.0. The summed E-state index contributed by atoms with van der Waals surface area (Å²) in [6.07, 6.45) is -0.831. The van der Waals surface area contributed by atoms with Crippen LogP contribution < -0.4 is 9.46 Å². The van der Waals surface area contributed by atoms with Crippen LogP contribution in [0.2, 0.25) is 0 Å². The molecule has 0 radical (unpaired) electrons. The van der Waals surface area contributed by atoms with Gasteiger partial charge in [-0.15, -0.1) is 0 Å². The minimum atomic E-state index is -3.90. The molecule has 1 aliphatic rings. The Balaban J connectivity index is 1.91. The monoisotopic (exact) mass is 588 g/mol. The molecule has 2 aromatic rings. The molecule has 32 heavy (non-hydrogen) atoms. The number of nitrogens with zero attached hydrogens (tertiary/aromatic N) is 1. The van der Waals surface area contributed by atoms with E-state index >= 15 is 0 Å². The van der Waals surface area contributed by atoms with Crippen molar-refractivity contribution in [1.82, 2.24) is 9.62 Å². The first-order chi connectivity index (χ1) is 14.9. The Kier molecular flexibility index (Phi) is 7.29. The molecule has 7 nitrogen and oxygen atoms in total. The van der Waals surface area contributed by atoms with E-state index in [1.165, 1.54) is 11.0 Å². The van der Waals surface area contributed by atoms with Crippen molar-refractivity contribution >= 4 is 48.0 Å². The Labute approximate surface area is 205 Å². The van der Waals surface area contributed by atoms with Gasteiger partial charge < -0.3 is 9.84 Å². The topological polar surface area (TPSA) is 95.9 Å². The maximum Gasteiger partial charge on any atom is 0.407 e. The third-order valence-electron chi connectivity index (χ3n) is 5.86. The van der Waals surface area contributed by atoms with Crippen LogP contribution in [-0.2, 0) is 10.0 Å². The van der Waals surface area contributed by atoms with Crippen molar-refractivity contribution < 1.29 is 23.1 Å². The van der Waals surface area contributed by atoms with Gasteiger partial charge in [0.25, 0.3) is 0 Å². The lowest BCUT2D eigenvalue weighted by Crippen LogP contribution is -2.58. The second kappa shape index (κ2) is 9.32. The Morgan fingerprint density at radius 1 is 1.22 bits per heavy atom. The average molecular weight is 590 g/mol. The fraction of sp³-hybridized carbons (Fsp3) is 0.409. The van der Waals surface area contributed by atoms with E-state index in [-0.39, 0.29) is 24.5 Å². The summed E-state index contributed by atoms with van der Waals surface area (Å²) in [7, 11) is -3.90. The normalized spacial score (nSPS) is 21.5. The average Bonchev–Trinajstić information content (AvgIpc) is 3.08. The van der Waals surface area contributed by atoms with Gasteiger partial charge in [0.2, 0.25) is 10.0 Å². The van der Waals surface area contributed by atoms with Gasteiger partial charge in [0, 0.05) is 21.5 Å². The van der Waals surface area contributed by atoms with Crippen LogP contribution >= 0.6 is 31.9 Å². The molecule has 1 heterocycles. The van der Waals surface area contributed by atoms with Gasteiger partial charge in [-0.05, 0) is 58.1 Å². The van der Waals surface area contributed by atoms with Gasteiger partial charge in [0.15, 0.2) is 0 Å². The molecule has 0 aliphatic carbocycles. The van der Waals surface area contributed by atoms with Crippen molar-refractivity contribution in [2.45, 2.75) is 43.7 Å². The minimum Gasteiger partial charge on any atom is -0.491 e. The fourth-order valence-corrected chi connectivity index (χ4v) is 6.80. The molecule has 2 atom stereocenters. The molecule has 3 rings (SSSR count). The van der Waals surface area contributed by atoms with Gasteiger partial charge in [-0.2, -0.15) is 0 Å². The zero-order valence-corrected chi connectivity index (χ0v) is 22.0. The molecular weight excluding hydrogens is 564 g/mol. The molecule has 1 saturated heterocycles. The predicted molar refractivity (Wildman–Crippen MR) is 129 cm³/mol. The van der Waals surface area contributed by atoms with E-state index in [1.54, 1.807) is 24.3 Å². The zero-order chi connectivity index (χ0) is 23.7. The van der Waals surface area contributed by atoms with Crippen LogP contribution in [0.5, 0.6) is 5.75 Å². The maximum absolute atomic E-state index is 13.1. The molecule has 2 aromatic carbocycles. The summed E-state index contributed by atoms with van der Waals surface area (Å²) in [6.45, 7) is 5.96. The van der Waals surface area contributed by atoms with E-state index in [0.717, 1.165) is 0 Å². The van der Waals surface area contributed by atoms with E-state index in [0.29, 0.717) is 14.7 Å². The summed E-state index contributed by atoms with van der Waals surface area (Å²) >= 11 is 6.59. The third-order valence-corrected chi connectivity index (χ3v) is 8.86. The molecular formula is C22H26Br2N2O5S. The molecule has 174 valence electrons. The van der Waals surface area contributed by atoms with Crippen molar-refractivity contribution in [2.75, 3.05) is 13.2 Å². The number of para-hydroxylation sites is 1. The molecule has 0 spiro atoms. The van der Waals surface area contributed by atoms with E-state index in [2.05, 4.69) is 36.6 Å². The number of halogens is 2. The van der Waals surface area contributed by atoms with Crippen molar-refractivity contribution in [2.24, 2.45) is 5.41 Å². The highest BCUT2D eigenvalue weighted by Crippen LogP contribution is 2.44. The first-order valence-electron chi connectivity index (χ1n) is 10.0. The van der Waals surface area contributed by atoms with E-state index < -0.39 is 33.1 Å². The smallest absolute Gasteiger partial charge is 0.407 e. The predicted octanol–water partition coefficient (Wildman–Crippen LogP) is 5.11. The van der Waals surface area contributed by atoms with Crippen LogP contribution in [-0.4, -0.2) is 49.2 Å². The molecule has 10 heteroatoms. The standard InChI is InChI=1S/C22H26Br2N2O5S/c1-21(2,3)22(14-31-17-7-5-4-6-8-17)12-16(13-26(22)20(27)28)25-32(29,30)19-11-15(23)9-10-18(19)24/h4-11,16,25H,12-14H2,1-3H3,(H,27,28)/t16-,22+/m1/s1. The molecule has 0 unspecified atom stereocenters. The fourth-order valence-electron chi connectivity index (χ4n) is 4.07. The van der Waals surface area contributed by atoms with Crippen LogP contribution in [0, 0.1) is 5.41 Å². The van der Waals surface area contributed by atoms with Crippen LogP contribution in [0.3, 0.4) is 0 Å². The largest absolute Gasteiger partial charge is 0.491 e. The Morgan fingerprint density at radius 2 is 1.88 bits per heavy atom. The summed E-state index contributed by atoms with van der Waals surface area (Å²) in [4.78, 5) is 13.6. The number of carboxylic acid groups (broad SMARTS) is 1. The number of hydrogen-bond acceptors (Lipinski definition) is 4. The number of sulfonamides is 1. The number of amides is 1. The number of rotatable bonds is 6. The maximum atomic E-state index is 13.1. The Morgan fingerprint density at radius 3 is 2.47 bits per heavy atom. The molecule has 2 N–H and O–H groups in total. The Hall–Kier alpha value is -1.62. The molecule has 1 amide bonds. The number of ether oxygens (including phenoxy) is 1. The van der Waals surface area contributed by atoms with Crippen molar-refractivity contribution in [3.63, 3.8) is 0 Å². The number of benzene rings is 2. The molecule has 0 bridgehead atoms. The van der Waals surface area contributed by atoms with Crippen LogP contribution in [0.15, 0.2) is 62.4 Å². The molecule has 1 aliphatic heterocycles. The summed E-state index contributed by atoms with van der Waals surface area (Å²) < 4.78 is 36.0. The number of likely N-dealkylation sites (tertiary alicyclic amines) is 1. The van der Waals surface area contributed by atoms with Gasteiger partial charge >= 0.3 is 6.09 Å². The highest BCUT2D eigenvalue weighted by molar-refractivity contribution is 9.11. The van der Waals surface area contributed by atoms with E-state index in [9.17, 15) is 18.3 Å². The van der Waals surface area contributed by atoms with Crippen LogP contribution in [0.4, 0.5) is 4.79 Å². The SMILES string of the molecule is CC(C)(C)[C@@]1(COc2ccccc2)C[C@@H](NS(=O)(=O)c2cc(Br)ccc2Br)CN1C(=O)O. The quantitative estimate of drug-likeness (QED) is 0.488. The highest BCUT2D eigenvalue weighted by Gasteiger charge is 2.56. The number of nitrogens with one attached hydrogen (secondary N) is 1. The van der Waals surface area contributed by atoms with Crippen molar-refractivity contribution in [1.29, 1.82) is 0 Å². The zero-order valence-electron chi connectivity index (χ0n) is 18.0. The van der Waals surface area contributed by atoms with Gasteiger partial charge in [-0.3, -0.25) is 4.90 Å². The summed E-state index contributed by atoms with van der Waals surface area (Å²) in [5.74, 6) is 0.628. The lowest BCUT2D eigenvalue weighted by molar-refractivity contribution is -0.00378. The molecule has 0 aromatic heterocycles. The van der Waals surface area contributed by atoms with Crippen LogP contribution in [0.1, 0.15) is 27.2 Å². The second-order valence-corrected chi connectivity index (χ2v) is 12.3. The first-order valence-corrected chi connectivity index (χ1v) is 13.1.